The summed E-state index contributed by atoms with van der Waals surface area (Å²) in [4.78, 5) is 11.2. The van der Waals surface area contributed by atoms with Gasteiger partial charge in [-0.3, -0.25) is 9.48 Å². The Morgan fingerprint density at radius 1 is 1.33 bits per heavy atom. The molecule has 1 aromatic heterocycles. The number of hydrogen-bond donors (Lipinski definition) is 1. The van der Waals surface area contributed by atoms with Gasteiger partial charge in [0, 0.05) is 23.9 Å². The van der Waals surface area contributed by atoms with Crippen LogP contribution in [0.5, 0.6) is 0 Å². The second-order valence-electron chi connectivity index (χ2n) is 5.07. The maximum atomic E-state index is 12.3. The van der Waals surface area contributed by atoms with Crippen LogP contribution in [0.3, 0.4) is 0 Å². The summed E-state index contributed by atoms with van der Waals surface area (Å²) in [7, 11) is -3.90. The number of halogens is 3. The monoisotopic (exact) mass is 361 g/mol. The predicted molar refractivity (Wildman–Crippen MR) is 78.8 cm³/mol. The molecule has 6 nitrogen and oxygen atoms in total. The van der Waals surface area contributed by atoms with Crippen LogP contribution < -0.4 is 4.72 Å². The van der Waals surface area contributed by atoms with Gasteiger partial charge in [0.05, 0.1) is 11.1 Å². The third kappa shape index (κ3) is 4.90. The molecule has 1 N–H and O–H groups in total. The van der Waals surface area contributed by atoms with E-state index in [1.54, 1.807) is 0 Å². The molecule has 0 spiro atoms. The van der Waals surface area contributed by atoms with Crippen molar-refractivity contribution < 1.29 is 26.4 Å². The van der Waals surface area contributed by atoms with E-state index in [2.05, 4.69) is 9.82 Å². The summed E-state index contributed by atoms with van der Waals surface area (Å²) in [6.45, 7) is -0.154. The maximum Gasteiger partial charge on any atom is 0.408 e. The number of nitrogens with one attached hydrogen (secondary N) is 1. The van der Waals surface area contributed by atoms with Crippen molar-refractivity contribution in [3.8, 4) is 0 Å². The number of aromatic nitrogens is 2. The zero-order valence-electron chi connectivity index (χ0n) is 12.5. The van der Waals surface area contributed by atoms with E-state index in [-0.39, 0.29) is 28.4 Å². The highest BCUT2D eigenvalue weighted by molar-refractivity contribution is 7.89. The first kappa shape index (κ1) is 18.1. The average Bonchev–Trinajstić information content (AvgIpc) is 2.91. The van der Waals surface area contributed by atoms with Gasteiger partial charge in [-0.1, -0.05) is 12.1 Å². The highest BCUT2D eigenvalue weighted by Crippen LogP contribution is 2.17. The van der Waals surface area contributed by atoms with Gasteiger partial charge >= 0.3 is 6.18 Å². The molecule has 2 rings (SSSR count). The molecular weight excluding hydrogens is 347 g/mol. The normalized spacial score (nSPS) is 12.3. The Bertz CT molecular complexity index is 844. The molecule has 0 aliphatic heterocycles. The fourth-order valence-corrected chi connectivity index (χ4v) is 2.97. The number of benzene rings is 1. The first-order valence-corrected chi connectivity index (χ1v) is 8.24. The van der Waals surface area contributed by atoms with Crippen molar-refractivity contribution in [3.63, 3.8) is 0 Å². The summed E-state index contributed by atoms with van der Waals surface area (Å²) >= 11 is 0. The lowest BCUT2D eigenvalue weighted by Gasteiger charge is -2.07. The number of ketones is 1. The van der Waals surface area contributed by atoms with Gasteiger partial charge in [-0.05, 0) is 19.1 Å². The van der Waals surface area contributed by atoms with Crippen molar-refractivity contribution >= 4 is 15.8 Å². The van der Waals surface area contributed by atoms with E-state index < -0.39 is 22.7 Å². The molecule has 0 amide bonds. The number of carbonyl (C=O) groups is 1. The standard InChI is InChI=1S/C14H14F3N3O3S/c1-10(21)12-3-2-4-13(5-12)24(22,23)19-7-11-6-18-20(8-11)9-14(15,16)17/h2-6,8,19H,7,9H2,1H3. The highest BCUT2D eigenvalue weighted by Gasteiger charge is 2.28. The van der Waals surface area contributed by atoms with Crippen LogP contribution >= 0.6 is 0 Å². The van der Waals surface area contributed by atoms with E-state index >= 15 is 0 Å². The van der Waals surface area contributed by atoms with Crippen molar-refractivity contribution in [2.24, 2.45) is 0 Å². The van der Waals surface area contributed by atoms with Gasteiger partial charge in [-0.15, -0.1) is 0 Å². The Kier molecular flexibility index (Phi) is 5.09. The fraction of sp³-hybridized carbons (Fsp3) is 0.286. The molecule has 130 valence electrons. The van der Waals surface area contributed by atoms with Crippen molar-refractivity contribution in [2.45, 2.75) is 31.1 Å². The Labute approximate surface area is 136 Å². The lowest BCUT2D eigenvalue weighted by molar-refractivity contribution is -0.142. The minimum absolute atomic E-state index is 0.0992. The van der Waals surface area contributed by atoms with E-state index in [1.165, 1.54) is 31.2 Å². The molecule has 1 aromatic carbocycles. The topological polar surface area (TPSA) is 81.1 Å². The molecule has 0 saturated heterocycles. The molecule has 0 aliphatic carbocycles. The Balaban J connectivity index is 2.08. The Morgan fingerprint density at radius 3 is 2.67 bits per heavy atom. The Hall–Kier alpha value is -2.20. The lowest BCUT2D eigenvalue weighted by atomic mass is 10.2. The van der Waals surface area contributed by atoms with Crippen LogP contribution in [0.4, 0.5) is 13.2 Å². The molecule has 1 heterocycles. The van der Waals surface area contributed by atoms with E-state index in [1.807, 2.05) is 0 Å². The third-order valence-corrected chi connectivity index (χ3v) is 4.44. The summed E-state index contributed by atoms with van der Waals surface area (Å²) < 4.78 is 64.1. The number of alkyl halides is 3. The summed E-state index contributed by atoms with van der Waals surface area (Å²) in [6, 6.07) is 5.48. The van der Waals surface area contributed by atoms with Crippen molar-refractivity contribution in [1.29, 1.82) is 0 Å². The molecule has 0 bridgehead atoms. The van der Waals surface area contributed by atoms with Gasteiger partial charge in [0.2, 0.25) is 10.0 Å². The molecular formula is C14H14F3N3O3S. The van der Waals surface area contributed by atoms with Gasteiger partial charge in [0.25, 0.3) is 0 Å². The minimum atomic E-state index is -4.41. The molecule has 0 fully saturated rings. The van der Waals surface area contributed by atoms with Crippen molar-refractivity contribution in [1.82, 2.24) is 14.5 Å². The highest BCUT2D eigenvalue weighted by atomic mass is 32.2. The zero-order chi connectivity index (χ0) is 18.0. The van der Waals surface area contributed by atoms with Crippen molar-refractivity contribution in [2.75, 3.05) is 0 Å². The fourth-order valence-electron chi connectivity index (χ4n) is 1.91. The minimum Gasteiger partial charge on any atom is -0.295 e. The summed E-state index contributed by atoms with van der Waals surface area (Å²) in [5, 5.41) is 3.53. The summed E-state index contributed by atoms with van der Waals surface area (Å²) in [5.74, 6) is -0.277. The first-order chi connectivity index (χ1) is 11.1. The smallest absolute Gasteiger partial charge is 0.295 e. The zero-order valence-corrected chi connectivity index (χ0v) is 13.4. The van der Waals surface area contributed by atoms with Crippen LogP contribution in [0, 0.1) is 0 Å². The van der Waals surface area contributed by atoms with Crippen molar-refractivity contribution in [3.05, 3.63) is 47.8 Å². The van der Waals surface area contributed by atoms with Crippen LogP contribution in [-0.2, 0) is 23.1 Å². The quantitative estimate of drug-likeness (QED) is 0.799. The number of hydrogen-bond acceptors (Lipinski definition) is 4. The number of carbonyl (C=O) groups excluding carboxylic acids is 1. The average molecular weight is 361 g/mol. The first-order valence-electron chi connectivity index (χ1n) is 6.75. The summed E-state index contributed by atoms with van der Waals surface area (Å²) in [5.41, 5.74) is 0.529. The van der Waals surface area contributed by atoms with E-state index in [0.717, 1.165) is 12.4 Å². The molecule has 2 aromatic rings. The second kappa shape index (κ2) is 6.73. The SMILES string of the molecule is CC(=O)c1cccc(S(=O)(=O)NCc2cnn(CC(F)(F)F)c2)c1. The van der Waals surface area contributed by atoms with Crippen LogP contribution in [0.2, 0.25) is 0 Å². The largest absolute Gasteiger partial charge is 0.408 e. The maximum absolute atomic E-state index is 12.3. The molecule has 10 heteroatoms. The number of nitrogens with zero attached hydrogens (tertiary/aromatic N) is 2. The predicted octanol–water partition coefficient (Wildman–Crippen LogP) is 2.13. The molecule has 0 radical (unpaired) electrons. The molecule has 24 heavy (non-hydrogen) atoms. The second-order valence-corrected chi connectivity index (χ2v) is 6.84. The van der Waals surface area contributed by atoms with E-state index in [4.69, 9.17) is 0 Å². The van der Waals surface area contributed by atoms with Crippen LogP contribution in [0.1, 0.15) is 22.8 Å². The van der Waals surface area contributed by atoms with Crippen LogP contribution in [-0.4, -0.2) is 30.2 Å². The molecule has 0 aliphatic rings. The van der Waals surface area contributed by atoms with E-state index in [9.17, 15) is 26.4 Å². The van der Waals surface area contributed by atoms with E-state index in [0.29, 0.717) is 4.68 Å². The van der Waals surface area contributed by atoms with Gasteiger partial charge in [-0.2, -0.15) is 18.3 Å². The van der Waals surface area contributed by atoms with Gasteiger partial charge in [-0.25, -0.2) is 13.1 Å². The van der Waals surface area contributed by atoms with Crippen LogP contribution in [0.25, 0.3) is 0 Å². The van der Waals surface area contributed by atoms with Gasteiger partial charge in [0.15, 0.2) is 5.78 Å². The number of rotatable bonds is 6. The molecule has 0 saturated carbocycles. The molecule has 0 unspecified atom stereocenters. The summed E-state index contributed by atoms with van der Waals surface area (Å²) in [6.07, 6.45) is -2.14. The third-order valence-electron chi connectivity index (χ3n) is 3.05. The number of Topliss-reactive ketones (excluding diaryl/α,β-unsaturated/α-hetero) is 1. The van der Waals surface area contributed by atoms with Gasteiger partial charge < -0.3 is 0 Å². The number of sulfonamides is 1. The Morgan fingerprint density at radius 2 is 2.04 bits per heavy atom. The van der Waals surface area contributed by atoms with Gasteiger partial charge in [0.1, 0.15) is 6.54 Å². The molecule has 0 atom stereocenters. The van der Waals surface area contributed by atoms with Crippen LogP contribution in [0.15, 0.2) is 41.6 Å². The lowest BCUT2D eigenvalue weighted by Crippen LogP contribution is -2.23.